The summed E-state index contributed by atoms with van der Waals surface area (Å²) in [7, 11) is -0.186. The van der Waals surface area contributed by atoms with Crippen molar-refractivity contribution in [3.63, 3.8) is 0 Å². The van der Waals surface area contributed by atoms with E-state index in [4.69, 9.17) is 24.2 Å². The molecule has 4 heterocycles. The monoisotopic (exact) mass is 604 g/mol. The fourth-order valence-corrected chi connectivity index (χ4v) is 6.47. The van der Waals surface area contributed by atoms with Crippen LogP contribution in [0.15, 0.2) is 24.7 Å². The minimum Gasteiger partial charge on any atom is -0.496 e. The van der Waals surface area contributed by atoms with E-state index < -0.39 is 8.32 Å². The van der Waals surface area contributed by atoms with Crippen molar-refractivity contribution in [3.05, 3.63) is 41.5 Å². The summed E-state index contributed by atoms with van der Waals surface area (Å²) in [6.45, 7) is 23.6. The zero-order valence-corrected chi connectivity index (χ0v) is 28.7. The number of fused-ring (bicyclic) bond motifs is 1. The average Bonchev–Trinajstić information content (AvgIpc) is 3.67. The van der Waals surface area contributed by atoms with Crippen LogP contribution in [0.4, 0.5) is 17.6 Å². The molecule has 0 aliphatic carbocycles. The predicted octanol–water partition coefficient (Wildman–Crippen LogP) is 7.26. The van der Waals surface area contributed by atoms with Gasteiger partial charge in [0.25, 0.3) is 0 Å². The molecule has 1 aliphatic rings. The van der Waals surface area contributed by atoms with Gasteiger partial charge in [0, 0.05) is 18.7 Å². The van der Waals surface area contributed by atoms with Crippen LogP contribution in [-0.2, 0) is 4.43 Å². The van der Waals surface area contributed by atoms with Crippen LogP contribution in [-0.4, -0.2) is 63.9 Å². The molecular weight excluding hydrogens is 556 g/mol. The summed E-state index contributed by atoms with van der Waals surface area (Å²) in [6, 6.07) is 4.56. The van der Waals surface area contributed by atoms with E-state index in [9.17, 15) is 0 Å². The van der Waals surface area contributed by atoms with Gasteiger partial charge in [-0.2, -0.15) is 15.1 Å². The second-order valence-electron chi connectivity index (χ2n) is 13.6. The second-order valence-corrected chi connectivity index (χ2v) is 18.4. The summed E-state index contributed by atoms with van der Waals surface area (Å²) in [6.07, 6.45) is 5.92. The lowest BCUT2D eigenvalue weighted by Gasteiger charge is -2.38. The van der Waals surface area contributed by atoms with Crippen molar-refractivity contribution in [1.82, 2.24) is 29.3 Å². The van der Waals surface area contributed by atoms with Gasteiger partial charge in [0.2, 0.25) is 5.95 Å². The molecule has 0 saturated carbocycles. The molecule has 4 aromatic rings. The first-order valence-corrected chi connectivity index (χ1v) is 18.2. The van der Waals surface area contributed by atoms with Gasteiger partial charge in [0.1, 0.15) is 17.9 Å². The maximum absolute atomic E-state index is 6.71. The fraction of sp³-hybridized carbons (Fsp3) is 0.562. The number of aryl methyl sites for hydroxylation is 2. The molecule has 3 aromatic heterocycles. The Hall–Kier alpha value is -3.44. The number of rotatable bonds is 9. The third kappa shape index (κ3) is 6.01. The molecule has 43 heavy (non-hydrogen) atoms. The number of ether oxygens (including phenoxy) is 1. The first-order valence-electron chi connectivity index (χ1n) is 15.3. The van der Waals surface area contributed by atoms with E-state index >= 15 is 0 Å². The number of methoxy groups -OCH3 is 1. The molecule has 0 unspecified atom stereocenters. The Morgan fingerprint density at radius 1 is 1.12 bits per heavy atom. The Balaban J connectivity index is 1.50. The molecule has 0 bridgehead atoms. The highest BCUT2D eigenvalue weighted by Crippen LogP contribution is 2.39. The molecule has 1 fully saturated rings. The highest BCUT2D eigenvalue weighted by atomic mass is 28.4. The lowest BCUT2D eigenvalue weighted by Crippen LogP contribution is -2.45. The van der Waals surface area contributed by atoms with E-state index in [2.05, 4.69) is 89.8 Å². The van der Waals surface area contributed by atoms with Gasteiger partial charge in [-0.15, -0.1) is 0 Å². The van der Waals surface area contributed by atoms with E-state index in [-0.39, 0.29) is 17.1 Å². The molecular formula is C32H48N8O2Si. The van der Waals surface area contributed by atoms with Crippen LogP contribution in [0.25, 0.3) is 16.7 Å². The third-order valence-electron chi connectivity index (χ3n) is 9.23. The molecule has 0 spiro atoms. The number of anilines is 3. The number of benzene rings is 1. The Kier molecular flexibility index (Phi) is 8.34. The van der Waals surface area contributed by atoms with Crippen molar-refractivity contribution in [1.29, 1.82) is 0 Å². The molecule has 11 heteroatoms. The third-order valence-corrected chi connectivity index (χ3v) is 13.7. The van der Waals surface area contributed by atoms with Gasteiger partial charge in [-0.05, 0) is 82.8 Å². The second kappa shape index (κ2) is 11.6. The highest BCUT2D eigenvalue weighted by Gasteiger charge is 2.39. The predicted molar refractivity (Wildman–Crippen MR) is 177 cm³/mol. The van der Waals surface area contributed by atoms with Crippen LogP contribution in [0.2, 0.25) is 18.1 Å². The van der Waals surface area contributed by atoms with Crippen molar-refractivity contribution in [2.45, 2.75) is 98.4 Å². The quantitative estimate of drug-likeness (QED) is 0.200. The Labute approximate surface area is 257 Å². The van der Waals surface area contributed by atoms with Crippen molar-refractivity contribution < 1.29 is 9.16 Å². The van der Waals surface area contributed by atoms with Gasteiger partial charge in [-0.25, -0.2) is 9.67 Å². The van der Waals surface area contributed by atoms with E-state index in [1.54, 1.807) is 13.4 Å². The van der Waals surface area contributed by atoms with Crippen LogP contribution >= 0.6 is 0 Å². The zero-order chi connectivity index (χ0) is 31.3. The standard InChI is InChI=1S/C32H48N8O2Si/c1-20(2)40-30-28(23(5)37-40)29(39-14-12-13-24(39)18-42-43(10,11)32(6,7)8)35-31(36-30)34-27-17-38(19-33-27)25-15-21(3)22(4)26(16-25)41-9/h15-17,19-20,24H,12-14,18H2,1-11H3,(H,34,35,36)/t24-/m0/s1. The van der Waals surface area contributed by atoms with Crippen molar-refractivity contribution in [2.24, 2.45) is 0 Å². The summed E-state index contributed by atoms with van der Waals surface area (Å²) < 4.78 is 16.3. The molecule has 1 aliphatic heterocycles. The van der Waals surface area contributed by atoms with Crippen LogP contribution in [0.1, 0.15) is 70.3 Å². The summed E-state index contributed by atoms with van der Waals surface area (Å²) in [5, 5.41) is 9.45. The van der Waals surface area contributed by atoms with E-state index in [0.29, 0.717) is 18.4 Å². The first kappa shape index (κ1) is 31.0. The molecule has 232 valence electrons. The first-order chi connectivity index (χ1) is 20.2. The Morgan fingerprint density at radius 3 is 2.53 bits per heavy atom. The zero-order valence-electron chi connectivity index (χ0n) is 27.7. The SMILES string of the molecule is COc1cc(-n2cnc(Nc3nc(N4CCC[C@H]4CO[Si](C)(C)C(C)(C)C)c4c(C)nn(C(C)C)c4n3)c2)cc(C)c1C. The summed E-state index contributed by atoms with van der Waals surface area (Å²) >= 11 is 0. The van der Waals surface area contributed by atoms with Crippen LogP contribution in [0.3, 0.4) is 0 Å². The van der Waals surface area contributed by atoms with Gasteiger partial charge < -0.3 is 23.9 Å². The summed E-state index contributed by atoms with van der Waals surface area (Å²) in [5.74, 6) is 2.93. The summed E-state index contributed by atoms with van der Waals surface area (Å²) in [4.78, 5) is 17.2. The van der Waals surface area contributed by atoms with Gasteiger partial charge in [0.05, 0.1) is 42.7 Å². The minimum absolute atomic E-state index is 0.155. The topological polar surface area (TPSA) is 95.1 Å². The van der Waals surface area contributed by atoms with E-state index in [1.165, 1.54) is 0 Å². The van der Waals surface area contributed by atoms with Gasteiger partial charge in [-0.3, -0.25) is 0 Å². The number of hydrogen-bond acceptors (Lipinski definition) is 8. The molecule has 1 aromatic carbocycles. The lowest BCUT2D eigenvalue weighted by atomic mass is 10.1. The van der Waals surface area contributed by atoms with Crippen molar-refractivity contribution >= 4 is 36.9 Å². The smallest absolute Gasteiger partial charge is 0.232 e. The van der Waals surface area contributed by atoms with Gasteiger partial charge in [-0.1, -0.05) is 20.8 Å². The van der Waals surface area contributed by atoms with Crippen LogP contribution in [0, 0.1) is 20.8 Å². The number of imidazole rings is 1. The Bertz CT molecular complexity index is 1620. The van der Waals surface area contributed by atoms with Crippen LogP contribution < -0.4 is 15.0 Å². The molecule has 1 atom stereocenters. The summed E-state index contributed by atoms with van der Waals surface area (Å²) in [5.41, 5.74) is 5.04. The largest absolute Gasteiger partial charge is 0.496 e. The maximum atomic E-state index is 6.71. The lowest BCUT2D eigenvalue weighted by molar-refractivity contribution is 0.263. The van der Waals surface area contributed by atoms with Gasteiger partial charge in [0.15, 0.2) is 19.8 Å². The van der Waals surface area contributed by atoms with Crippen molar-refractivity contribution in [2.75, 3.05) is 30.5 Å². The maximum Gasteiger partial charge on any atom is 0.232 e. The Morgan fingerprint density at radius 2 is 1.86 bits per heavy atom. The highest BCUT2D eigenvalue weighted by molar-refractivity contribution is 6.74. The molecule has 5 rings (SSSR count). The normalized spacial score (nSPS) is 16.1. The van der Waals surface area contributed by atoms with E-state index in [1.807, 2.05) is 21.5 Å². The number of hydrogen-bond donors (Lipinski definition) is 1. The van der Waals surface area contributed by atoms with Crippen molar-refractivity contribution in [3.8, 4) is 11.4 Å². The molecule has 1 saturated heterocycles. The molecule has 1 N–H and O–H groups in total. The van der Waals surface area contributed by atoms with E-state index in [0.717, 1.165) is 64.5 Å². The van der Waals surface area contributed by atoms with Crippen LogP contribution in [0.5, 0.6) is 5.75 Å². The van der Waals surface area contributed by atoms with Gasteiger partial charge >= 0.3 is 0 Å². The molecule has 10 nitrogen and oxygen atoms in total. The number of nitrogens with zero attached hydrogens (tertiary/aromatic N) is 7. The molecule has 0 radical (unpaired) electrons. The minimum atomic E-state index is -1.89. The number of nitrogens with one attached hydrogen (secondary N) is 1. The number of aromatic nitrogens is 6. The average molecular weight is 605 g/mol. The molecule has 0 amide bonds. The fourth-order valence-electron chi connectivity index (χ4n) is 5.43.